The summed E-state index contributed by atoms with van der Waals surface area (Å²) >= 11 is 0. The molecule has 0 radical (unpaired) electrons. The van der Waals surface area contributed by atoms with Gasteiger partial charge < -0.3 is 14.3 Å². The molecule has 0 spiro atoms. The summed E-state index contributed by atoms with van der Waals surface area (Å²) in [5, 5.41) is 4.04. The predicted molar refractivity (Wildman–Crippen MR) is 102 cm³/mol. The molecule has 0 bridgehead atoms. The van der Waals surface area contributed by atoms with E-state index in [1.807, 2.05) is 41.8 Å². The van der Waals surface area contributed by atoms with Crippen LogP contribution in [0.4, 0.5) is 0 Å². The molecular weight excluding hydrogens is 326 g/mol. The van der Waals surface area contributed by atoms with Gasteiger partial charge in [-0.15, -0.1) is 0 Å². The van der Waals surface area contributed by atoms with Crippen LogP contribution in [0.15, 0.2) is 53.2 Å². The Kier molecular flexibility index (Phi) is 3.99. The topological polar surface area (TPSA) is 60.1 Å². The summed E-state index contributed by atoms with van der Waals surface area (Å²) < 4.78 is 7.71. The number of nitrogens with one attached hydrogen (secondary N) is 1. The summed E-state index contributed by atoms with van der Waals surface area (Å²) in [6.07, 6.45) is 1.72. The molecule has 5 heteroatoms. The zero-order valence-electron chi connectivity index (χ0n) is 15.1. The summed E-state index contributed by atoms with van der Waals surface area (Å²) in [5.41, 5.74) is 5.10. The van der Waals surface area contributed by atoms with E-state index in [-0.39, 0.29) is 18.5 Å². The van der Waals surface area contributed by atoms with E-state index < -0.39 is 0 Å². The monoisotopic (exact) mass is 347 g/mol. The lowest BCUT2D eigenvalue weighted by atomic mass is 10.1. The highest BCUT2D eigenvalue weighted by atomic mass is 16.3. The number of rotatable bonds is 4. The maximum Gasteiger partial charge on any atom is 0.240 e. The molecule has 26 heavy (non-hydrogen) atoms. The Morgan fingerprint density at radius 2 is 1.96 bits per heavy atom. The number of benzene rings is 2. The van der Waals surface area contributed by atoms with Gasteiger partial charge in [-0.25, -0.2) is 4.98 Å². The molecule has 0 unspecified atom stereocenters. The first-order chi connectivity index (χ1) is 12.5. The number of amides is 1. The molecule has 1 atom stereocenters. The molecule has 0 saturated heterocycles. The van der Waals surface area contributed by atoms with Gasteiger partial charge >= 0.3 is 0 Å². The molecule has 0 aliphatic carbocycles. The molecule has 132 valence electrons. The van der Waals surface area contributed by atoms with Crippen molar-refractivity contribution in [2.45, 2.75) is 33.4 Å². The summed E-state index contributed by atoms with van der Waals surface area (Å²) in [6.45, 7) is 6.28. The molecule has 2 aromatic heterocycles. The third-order valence-electron chi connectivity index (χ3n) is 4.80. The highest BCUT2D eigenvalue weighted by molar-refractivity contribution is 5.82. The van der Waals surface area contributed by atoms with E-state index >= 15 is 0 Å². The number of carbonyl (C=O) groups is 1. The van der Waals surface area contributed by atoms with Gasteiger partial charge in [0.25, 0.3) is 0 Å². The van der Waals surface area contributed by atoms with Gasteiger partial charge in [0.15, 0.2) is 0 Å². The van der Waals surface area contributed by atoms with Crippen LogP contribution in [0.3, 0.4) is 0 Å². The Morgan fingerprint density at radius 3 is 2.77 bits per heavy atom. The van der Waals surface area contributed by atoms with E-state index in [2.05, 4.69) is 36.3 Å². The lowest BCUT2D eigenvalue weighted by molar-refractivity contribution is -0.122. The van der Waals surface area contributed by atoms with Crippen molar-refractivity contribution in [3.63, 3.8) is 0 Å². The van der Waals surface area contributed by atoms with Gasteiger partial charge in [-0.05, 0) is 56.2 Å². The molecule has 2 heterocycles. The van der Waals surface area contributed by atoms with Gasteiger partial charge in [0.1, 0.15) is 17.9 Å². The third kappa shape index (κ3) is 2.96. The van der Waals surface area contributed by atoms with Crippen LogP contribution in [-0.4, -0.2) is 15.5 Å². The minimum Gasteiger partial charge on any atom is -0.459 e. The Balaban J connectivity index is 1.50. The maximum atomic E-state index is 12.5. The second-order valence-electron chi connectivity index (χ2n) is 6.77. The Hall–Kier alpha value is -3.08. The number of imidazole rings is 1. The van der Waals surface area contributed by atoms with Crippen LogP contribution < -0.4 is 5.32 Å². The Bertz CT molecular complexity index is 1070. The molecule has 5 nitrogen and oxygen atoms in total. The fraction of sp³-hybridized carbons (Fsp3) is 0.238. The number of hydrogen-bond acceptors (Lipinski definition) is 3. The zero-order chi connectivity index (χ0) is 18.3. The minimum atomic E-state index is -0.200. The fourth-order valence-corrected chi connectivity index (χ4v) is 3.17. The summed E-state index contributed by atoms with van der Waals surface area (Å²) in [4.78, 5) is 16.9. The van der Waals surface area contributed by atoms with E-state index in [1.54, 1.807) is 6.33 Å². The SMILES string of the molecule is Cc1cc2ncn(CC(=O)N[C@H](C)c3cc4ccccc4o3)c2cc1C. The van der Waals surface area contributed by atoms with Crippen molar-refractivity contribution >= 4 is 27.9 Å². The quantitative estimate of drug-likeness (QED) is 0.599. The van der Waals surface area contributed by atoms with E-state index in [4.69, 9.17) is 4.42 Å². The summed E-state index contributed by atoms with van der Waals surface area (Å²) in [6, 6.07) is 13.7. The predicted octanol–water partition coefficient (Wildman–Crippen LogP) is 4.28. The molecule has 0 aliphatic heterocycles. The second-order valence-corrected chi connectivity index (χ2v) is 6.77. The van der Waals surface area contributed by atoms with Crippen molar-refractivity contribution in [2.24, 2.45) is 0 Å². The van der Waals surface area contributed by atoms with Crippen molar-refractivity contribution in [1.29, 1.82) is 0 Å². The first-order valence-corrected chi connectivity index (χ1v) is 8.71. The number of nitrogens with zero attached hydrogens (tertiary/aromatic N) is 2. The molecule has 2 aromatic carbocycles. The highest BCUT2D eigenvalue weighted by Gasteiger charge is 2.15. The average molecular weight is 347 g/mol. The van der Waals surface area contributed by atoms with Crippen molar-refractivity contribution in [3.8, 4) is 0 Å². The highest BCUT2D eigenvalue weighted by Crippen LogP contribution is 2.23. The molecule has 0 aliphatic rings. The van der Waals surface area contributed by atoms with Gasteiger partial charge in [0, 0.05) is 5.39 Å². The van der Waals surface area contributed by atoms with Crippen LogP contribution in [0.5, 0.6) is 0 Å². The minimum absolute atomic E-state index is 0.0736. The number of aromatic nitrogens is 2. The summed E-state index contributed by atoms with van der Waals surface area (Å²) in [5.74, 6) is 0.678. The van der Waals surface area contributed by atoms with Crippen LogP contribution in [0.1, 0.15) is 29.9 Å². The van der Waals surface area contributed by atoms with Gasteiger partial charge in [-0.3, -0.25) is 4.79 Å². The van der Waals surface area contributed by atoms with Crippen molar-refractivity contribution in [3.05, 3.63) is 65.7 Å². The van der Waals surface area contributed by atoms with Gasteiger partial charge in [-0.1, -0.05) is 18.2 Å². The molecule has 0 fully saturated rings. The number of furan rings is 1. The van der Waals surface area contributed by atoms with Gasteiger partial charge in [0.05, 0.1) is 23.4 Å². The number of fused-ring (bicyclic) bond motifs is 2. The van der Waals surface area contributed by atoms with Crippen LogP contribution >= 0.6 is 0 Å². The number of para-hydroxylation sites is 1. The van der Waals surface area contributed by atoms with Crippen LogP contribution in [0, 0.1) is 13.8 Å². The van der Waals surface area contributed by atoms with Crippen LogP contribution in [0.2, 0.25) is 0 Å². The van der Waals surface area contributed by atoms with E-state index in [0.29, 0.717) is 0 Å². The normalized spacial score (nSPS) is 12.6. The van der Waals surface area contributed by atoms with Crippen LogP contribution in [-0.2, 0) is 11.3 Å². The molecule has 1 amide bonds. The second kappa shape index (κ2) is 6.33. The first kappa shape index (κ1) is 16.4. The van der Waals surface area contributed by atoms with Gasteiger partial charge in [0.2, 0.25) is 5.91 Å². The van der Waals surface area contributed by atoms with E-state index in [0.717, 1.165) is 27.8 Å². The lowest BCUT2D eigenvalue weighted by Gasteiger charge is -2.12. The standard InChI is InChI=1S/C21H21N3O2/c1-13-8-17-18(9-14(13)2)24(12-22-17)11-21(25)23-15(3)20-10-16-6-4-5-7-19(16)26-20/h4-10,12,15H,11H2,1-3H3,(H,23,25)/t15-/m1/s1. The average Bonchev–Trinajstić information content (AvgIpc) is 3.20. The van der Waals surface area contributed by atoms with Crippen molar-refractivity contribution < 1.29 is 9.21 Å². The fourth-order valence-electron chi connectivity index (χ4n) is 3.17. The van der Waals surface area contributed by atoms with Crippen molar-refractivity contribution in [2.75, 3.05) is 0 Å². The summed E-state index contributed by atoms with van der Waals surface area (Å²) in [7, 11) is 0. The molecule has 4 rings (SSSR count). The Morgan fingerprint density at radius 1 is 1.19 bits per heavy atom. The molecular formula is C21H21N3O2. The first-order valence-electron chi connectivity index (χ1n) is 8.71. The molecule has 1 N–H and O–H groups in total. The third-order valence-corrected chi connectivity index (χ3v) is 4.80. The van der Waals surface area contributed by atoms with Gasteiger partial charge in [-0.2, -0.15) is 0 Å². The van der Waals surface area contributed by atoms with Crippen molar-refractivity contribution in [1.82, 2.24) is 14.9 Å². The smallest absolute Gasteiger partial charge is 0.240 e. The Labute approximate surface area is 151 Å². The number of carbonyl (C=O) groups excluding carboxylic acids is 1. The molecule has 0 saturated carbocycles. The molecule has 4 aromatic rings. The van der Waals surface area contributed by atoms with E-state index in [1.165, 1.54) is 11.1 Å². The lowest BCUT2D eigenvalue weighted by Crippen LogP contribution is -2.29. The van der Waals surface area contributed by atoms with E-state index in [9.17, 15) is 4.79 Å². The zero-order valence-corrected chi connectivity index (χ0v) is 15.1. The van der Waals surface area contributed by atoms with Crippen LogP contribution in [0.25, 0.3) is 22.0 Å². The maximum absolute atomic E-state index is 12.5. The number of hydrogen-bond donors (Lipinski definition) is 1. The largest absolute Gasteiger partial charge is 0.459 e. The number of aryl methyl sites for hydroxylation is 2.